The number of fused-ring (bicyclic) bond motifs is 1. The summed E-state index contributed by atoms with van der Waals surface area (Å²) in [6.45, 7) is 0.769. The van der Waals surface area contributed by atoms with Crippen LogP contribution in [0.4, 0.5) is 8.78 Å². The zero-order chi connectivity index (χ0) is 17.3. The maximum Gasteiger partial charge on any atom is 0.240 e. The van der Waals surface area contributed by atoms with Gasteiger partial charge in [0.2, 0.25) is 10.0 Å². The van der Waals surface area contributed by atoms with Gasteiger partial charge >= 0.3 is 0 Å². The standard InChI is InChI=1S/C16H16F2N2O3S/c17-11-2-4-15-12(8-11)14(5-6-23-15)20-9-10-1-3-13(18)16(7-10)24(19,21)22/h1-4,7-8,14,20H,5-6,9H2,(H2,19,21,22)/t14-/m1/s1. The summed E-state index contributed by atoms with van der Waals surface area (Å²) in [6.07, 6.45) is 0.639. The van der Waals surface area contributed by atoms with E-state index in [1.54, 1.807) is 6.07 Å². The summed E-state index contributed by atoms with van der Waals surface area (Å²) in [6, 6.07) is 7.91. The Balaban J connectivity index is 1.79. The van der Waals surface area contributed by atoms with Crippen LogP contribution in [0.1, 0.15) is 23.6 Å². The van der Waals surface area contributed by atoms with E-state index in [-0.39, 0.29) is 18.4 Å². The first-order chi connectivity index (χ1) is 11.3. The van der Waals surface area contributed by atoms with Crippen molar-refractivity contribution in [3.05, 3.63) is 59.2 Å². The lowest BCUT2D eigenvalue weighted by Crippen LogP contribution is -2.27. The molecule has 2 aromatic rings. The van der Waals surface area contributed by atoms with Crippen molar-refractivity contribution in [1.29, 1.82) is 0 Å². The molecule has 1 heterocycles. The minimum Gasteiger partial charge on any atom is -0.493 e. The average Bonchev–Trinajstić information content (AvgIpc) is 2.53. The van der Waals surface area contributed by atoms with Crippen LogP contribution in [-0.2, 0) is 16.6 Å². The molecule has 0 spiro atoms. The molecular formula is C16H16F2N2O3S. The molecular weight excluding hydrogens is 338 g/mol. The number of ether oxygens (including phenoxy) is 1. The van der Waals surface area contributed by atoms with Crippen LogP contribution < -0.4 is 15.2 Å². The minimum absolute atomic E-state index is 0.146. The van der Waals surface area contributed by atoms with E-state index in [1.165, 1.54) is 24.3 Å². The number of hydrogen-bond donors (Lipinski definition) is 2. The van der Waals surface area contributed by atoms with Gasteiger partial charge < -0.3 is 10.1 Å². The molecule has 0 aliphatic carbocycles. The smallest absolute Gasteiger partial charge is 0.240 e. The number of rotatable bonds is 4. The quantitative estimate of drug-likeness (QED) is 0.882. The van der Waals surface area contributed by atoms with E-state index in [0.29, 0.717) is 29.9 Å². The second-order valence-electron chi connectivity index (χ2n) is 5.56. The third kappa shape index (κ3) is 3.55. The van der Waals surface area contributed by atoms with Crippen LogP contribution in [0.2, 0.25) is 0 Å². The van der Waals surface area contributed by atoms with Gasteiger partial charge in [-0.05, 0) is 35.9 Å². The number of nitrogens with two attached hydrogens (primary N) is 1. The van der Waals surface area contributed by atoms with Gasteiger partial charge in [0.1, 0.15) is 22.3 Å². The van der Waals surface area contributed by atoms with Crippen molar-refractivity contribution < 1.29 is 21.9 Å². The van der Waals surface area contributed by atoms with Gasteiger partial charge in [-0.3, -0.25) is 0 Å². The normalized spacial score (nSPS) is 17.2. The first-order valence-electron chi connectivity index (χ1n) is 7.31. The zero-order valence-corrected chi connectivity index (χ0v) is 13.4. The monoisotopic (exact) mass is 354 g/mol. The summed E-state index contributed by atoms with van der Waals surface area (Å²) in [4.78, 5) is -0.541. The van der Waals surface area contributed by atoms with Crippen LogP contribution in [0.3, 0.4) is 0 Å². The van der Waals surface area contributed by atoms with Crippen molar-refractivity contribution in [1.82, 2.24) is 5.32 Å². The molecule has 0 bridgehead atoms. The van der Waals surface area contributed by atoms with E-state index in [0.717, 1.165) is 6.07 Å². The lowest BCUT2D eigenvalue weighted by Gasteiger charge is -2.27. The fourth-order valence-electron chi connectivity index (χ4n) is 2.69. The summed E-state index contributed by atoms with van der Waals surface area (Å²) in [5.41, 5.74) is 1.26. The van der Waals surface area contributed by atoms with E-state index >= 15 is 0 Å². The fourth-order valence-corrected chi connectivity index (χ4v) is 3.35. The molecule has 0 radical (unpaired) electrons. The molecule has 0 aromatic heterocycles. The van der Waals surface area contributed by atoms with Crippen molar-refractivity contribution >= 4 is 10.0 Å². The topological polar surface area (TPSA) is 81.4 Å². The molecule has 2 aromatic carbocycles. The van der Waals surface area contributed by atoms with Crippen LogP contribution in [0.25, 0.3) is 0 Å². The van der Waals surface area contributed by atoms with Crippen molar-refractivity contribution in [2.24, 2.45) is 5.14 Å². The first kappa shape index (κ1) is 16.8. The second kappa shape index (κ2) is 6.46. The molecule has 24 heavy (non-hydrogen) atoms. The largest absolute Gasteiger partial charge is 0.493 e. The predicted molar refractivity (Wildman–Crippen MR) is 83.9 cm³/mol. The second-order valence-corrected chi connectivity index (χ2v) is 7.09. The number of sulfonamides is 1. The van der Waals surface area contributed by atoms with Gasteiger partial charge in [0, 0.05) is 24.6 Å². The van der Waals surface area contributed by atoms with Crippen molar-refractivity contribution in [3.8, 4) is 5.75 Å². The molecule has 1 aliphatic heterocycles. The van der Waals surface area contributed by atoms with Crippen LogP contribution >= 0.6 is 0 Å². The van der Waals surface area contributed by atoms with Crippen LogP contribution in [-0.4, -0.2) is 15.0 Å². The highest BCUT2D eigenvalue weighted by atomic mass is 32.2. The molecule has 0 saturated carbocycles. The fraction of sp³-hybridized carbons (Fsp3) is 0.250. The molecule has 1 aliphatic rings. The number of nitrogens with one attached hydrogen (secondary N) is 1. The third-order valence-corrected chi connectivity index (χ3v) is 4.79. The molecule has 0 fully saturated rings. The van der Waals surface area contributed by atoms with E-state index in [2.05, 4.69) is 5.32 Å². The molecule has 8 heteroatoms. The highest BCUT2D eigenvalue weighted by Gasteiger charge is 2.22. The summed E-state index contributed by atoms with van der Waals surface area (Å²) >= 11 is 0. The molecule has 3 rings (SSSR count). The van der Waals surface area contributed by atoms with Crippen molar-refractivity contribution in [3.63, 3.8) is 0 Å². The SMILES string of the molecule is NS(=O)(=O)c1cc(CN[C@@H]2CCOc3ccc(F)cc32)ccc1F. The molecule has 5 nitrogen and oxygen atoms in total. The Morgan fingerprint density at radius 2 is 2.00 bits per heavy atom. The van der Waals surface area contributed by atoms with E-state index in [1.807, 2.05) is 0 Å². The minimum atomic E-state index is -4.13. The van der Waals surface area contributed by atoms with Crippen LogP contribution in [0, 0.1) is 11.6 Å². The number of benzene rings is 2. The van der Waals surface area contributed by atoms with Gasteiger partial charge in [0.15, 0.2) is 0 Å². The Morgan fingerprint density at radius 1 is 1.21 bits per heavy atom. The zero-order valence-electron chi connectivity index (χ0n) is 12.6. The van der Waals surface area contributed by atoms with E-state index in [4.69, 9.17) is 9.88 Å². The van der Waals surface area contributed by atoms with Gasteiger partial charge in [-0.15, -0.1) is 0 Å². The van der Waals surface area contributed by atoms with E-state index in [9.17, 15) is 17.2 Å². The molecule has 128 valence electrons. The van der Waals surface area contributed by atoms with Gasteiger partial charge in [-0.1, -0.05) is 6.07 Å². The van der Waals surface area contributed by atoms with Crippen molar-refractivity contribution in [2.75, 3.05) is 6.61 Å². The average molecular weight is 354 g/mol. The summed E-state index contributed by atoms with van der Waals surface area (Å²) in [5.74, 6) is -0.631. The summed E-state index contributed by atoms with van der Waals surface area (Å²) in [5, 5.41) is 8.21. The summed E-state index contributed by atoms with van der Waals surface area (Å²) in [7, 11) is -4.13. The number of halogens is 2. The Morgan fingerprint density at radius 3 is 2.75 bits per heavy atom. The number of hydrogen-bond acceptors (Lipinski definition) is 4. The molecule has 0 saturated heterocycles. The molecule has 3 N–H and O–H groups in total. The number of primary sulfonamides is 1. The third-order valence-electron chi connectivity index (χ3n) is 3.87. The Bertz CT molecular complexity index is 872. The summed E-state index contributed by atoms with van der Waals surface area (Å²) < 4.78 is 55.3. The highest BCUT2D eigenvalue weighted by molar-refractivity contribution is 7.89. The maximum atomic E-state index is 13.6. The molecule has 1 atom stereocenters. The van der Waals surface area contributed by atoms with Crippen molar-refractivity contribution in [2.45, 2.75) is 23.9 Å². The van der Waals surface area contributed by atoms with Gasteiger partial charge in [0.25, 0.3) is 0 Å². The maximum absolute atomic E-state index is 13.6. The van der Waals surface area contributed by atoms with Gasteiger partial charge in [0.05, 0.1) is 6.61 Å². The Hall–Kier alpha value is -2.03. The van der Waals surface area contributed by atoms with Gasteiger partial charge in [-0.2, -0.15) is 0 Å². The lowest BCUT2D eigenvalue weighted by atomic mass is 10.00. The molecule has 0 amide bonds. The Labute approximate surface area is 138 Å². The lowest BCUT2D eigenvalue weighted by molar-refractivity contribution is 0.251. The van der Waals surface area contributed by atoms with E-state index < -0.39 is 20.7 Å². The highest BCUT2D eigenvalue weighted by Crippen LogP contribution is 2.32. The first-order valence-corrected chi connectivity index (χ1v) is 8.86. The molecule has 0 unspecified atom stereocenters. The predicted octanol–water partition coefficient (Wildman–Crippen LogP) is 2.23. The Kier molecular flexibility index (Phi) is 4.53. The van der Waals surface area contributed by atoms with Crippen LogP contribution in [0.15, 0.2) is 41.3 Å². The van der Waals surface area contributed by atoms with Crippen LogP contribution in [0.5, 0.6) is 5.75 Å². The van der Waals surface area contributed by atoms with Gasteiger partial charge in [-0.25, -0.2) is 22.3 Å².